The third-order valence-corrected chi connectivity index (χ3v) is 4.04. The molecule has 4 nitrogen and oxygen atoms in total. The molecule has 0 saturated carbocycles. The summed E-state index contributed by atoms with van der Waals surface area (Å²) in [6.07, 6.45) is 3.57. The number of carbonyl (C=O) groups excluding carboxylic acids is 1. The van der Waals surface area contributed by atoms with Gasteiger partial charge < -0.3 is 15.7 Å². The summed E-state index contributed by atoms with van der Waals surface area (Å²) in [6, 6.07) is 0. The second-order valence-electron chi connectivity index (χ2n) is 5.51. The van der Waals surface area contributed by atoms with Gasteiger partial charge in [0.2, 0.25) is 5.91 Å². The van der Waals surface area contributed by atoms with Crippen molar-refractivity contribution >= 4 is 5.91 Å². The lowest BCUT2D eigenvalue weighted by Crippen LogP contribution is -2.55. The van der Waals surface area contributed by atoms with E-state index >= 15 is 0 Å². The number of nitrogens with zero attached hydrogens (tertiary/aromatic N) is 1. The lowest BCUT2D eigenvalue weighted by Gasteiger charge is -2.32. The van der Waals surface area contributed by atoms with Crippen LogP contribution >= 0.6 is 0 Å². The first kappa shape index (κ1) is 14.5. The molecule has 4 heteroatoms. The first-order chi connectivity index (χ1) is 7.84. The Bertz CT molecular complexity index is 273. The van der Waals surface area contributed by atoms with Crippen LogP contribution in [0.2, 0.25) is 0 Å². The van der Waals surface area contributed by atoms with Gasteiger partial charge in [-0.25, -0.2) is 0 Å². The summed E-state index contributed by atoms with van der Waals surface area (Å²) >= 11 is 0. The Hall–Kier alpha value is -0.610. The van der Waals surface area contributed by atoms with Gasteiger partial charge >= 0.3 is 0 Å². The Morgan fingerprint density at radius 3 is 2.47 bits per heavy atom. The molecule has 17 heavy (non-hydrogen) atoms. The van der Waals surface area contributed by atoms with Gasteiger partial charge in [-0.15, -0.1) is 0 Å². The maximum absolute atomic E-state index is 12.4. The molecule has 1 amide bonds. The van der Waals surface area contributed by atoms with Gasteiger partial charge in [0.25, 0.3) is 0 Å². The molecule has 1 heterocycles. The topological polar surface area (TPSA) is 66.6 Å². The Balaban J connectivity index is 2.70. The smallest absolute Gasteiger partial charge is 0.242 e. The molecule has 0 radical (unpaired) electrons. The molecule has 0 aliphatic carbocycles. The average Bonchev–Trinajstić information content (AvgIpc) is 2.48. The molecule has 0 spiro atoms. The minimum Gasteiger partial charge on any atom is -0.390 e. The van der Waals surface area contributed by atoms with E-state index in [0.717, 1.165) is 12.8 Å². The van der Waals surface area contributed by atoms with Crippen LogP contribution in [0.1, 0.15) is 52.9 Å². The number of hydrogen-bond donors (Lipinski definition) is 2. The first-order valence-electron chi connectivity index (χ1n) is 6.65. The number of aliphatic hydroxyl groups is 1. The van der Waals surface area contributed by atoms with Crippen LogP contribution in [0.4, 0.5) is 0 Å². The standard InChI is InChI=1S/C13H26N2O2/c1-4-13(14,5-2)11(16)15-9-6-7-12(3,17)8-10-15/h17H,4-10,14H2,1-3H3. The summed E-state index contributed by atoms with van der Waals surface area (Å²) in [4.78, 5) is 14.2. The van der Waals surface area contributed by atoms with Gasteiger partial charge in [0.05, 0.1) is 11.1 Å². The predicted molar refractivity (Wildman–Crippen MR) is 68.6 cm³/mol. The fourth-order valence-electron chi connectivity index (χ4n) is 2.33. The monoisotopic (exact) mass is 242 g/mol. The second kappa shape index (κ2) is 5.36. The van der Waals surface area contributed by atoms with E-state index in [1.54, 1.807) is 0 Å². The van der Waals surface area contributed by atoms with Crippen molar-refractivity contribution in [2.75, 3.05) is 13.1 Å². The van der Waals surface area contributed by atoms with E-state index in [4.69, 9.17) is 5.73 Å². The minimum atomic E-state index is -0.726. The highest BCUT2D eigenvalue weighted by Gasteiger charge is 2.36. The fraction of sp³-hybridized carbons (Fsp3) is 0.923. The van der Waals surface area contributed by atoms with Crippen molar-refractivity contribution in [3.63, 3.8) is 0 Å². The molecule has 1 rings (SSSR count). The van der Waals surface area contributed by atoms with Gasteiger partial charge in [-0.05, 0) is 39.0 Å². The average molecular weight is 242 g/mol. The summed E-state index contributed by atoms with van der Waals surface area (Å²) in [6.45, 7) is 7.08. The molecule has 1 fully saturated rings. The minimum absolute atomic E-state index is 0.0419. The number of amides is 1. The van der Waals surface area contributed by atoms with Gasteiger partial charge in [-0.1, -0.05) is 13.8 Å². The largest absolute Gasteiger partial charge is 0.390 e. The molecule has 1 unspecified atom stereocenters. The number of hydrogen-bond acceptors (Lipinski definition) is 3. The molecular formula is C13H26N2O2. The van der Waals surface area contributed by atoms with Gasteiger partial charge in [0, 0.05) is 13.1 Å². The molecule has 0 aromatic heterocycles. The van der Waals surface area contributed by atoms with E-state index in [9.17, 15) is 9.90 Å². The van der Waals surface area contributed by atoms with Crippen molar-refractivity contribution in [3.05, 3.63) is 0 Å². The van der Waals surface area contributed by atoms with Crippen LogP contribution in [0, 0.1) is 0 Å². The summed E-state index contributed by atoms with van der Waals surface area (Å²) in [7, 11) is 0. The zero-order chi connectivity index (χ0) is 13.1. The van der Waals surface area contributed by atoms with Crippen LogP contribution in [0.5, 0.6) is 0 Å². The number of likely N-dealkylation sites (tertiary alicyclic amines) is 1. The third-order valence-electron chi connectivity index (χ3n) is 4.04. The van der Waals surface area contributed by atoms with Crippen LogP contribution < -0.4 is 5.73 Å². The van der Waals surface area contributed by atoms with E-state index in [1.165, 1.54) is 0 Å². The van der Waals surface area contributed by atoms with Crippen molar-refractivity contribution in [1.29, 1.82) is 0 Å². The molecule has 1 aliphatic rings. The van der Waals surface area contributed by atoms with Crippen molar-refractivity contribution in [2.24, 2.45) is 5.73 Å². The summed E-state index contributed by atoms with van der Waals surface area (Å²) in [5, 5.41) is 10.0. The van der Waals surface area contributed by atoms with Crippen LogP contribution in [0.15, 0.2) is 0 Å². The maximum atomic E-state index is 12.4. The molecule has 1 aliphatic heterocycles. The molecule has 0 aromatic carbocycles. The summed E-state index contributed by atoms with van der Waals surface area (Å²) in [5.41, 5.74) is 4.78. The zero-order valence-electron chi connectivity index (χ0n) is 11.3. The highest BCUT2D eigenvalue weighted by atomic mass is 16.3. The van der Waals surface area contributed by atoms with Gasteiger partial charge in [-0.2, -0.15) is 0 Å². The fourth-order valence-corrected chi connectivity index (χ4v) is 2.33. The first-order valence-corrected chi connectivity index (χ1v) is 6.65. The third kappa shape index (κ3) is 3.42. The van der Waals surface area contributed by atoms with Gasteiger partial charge in [0.15, 0.2) is 0 Å². The summed E-state index contributed by atoms with van der Waals surface area (Å²) < 4.78 is 0. The van der Waals surface area contributed by atoms with Crippen LogP contribution in [0.25, 0.3) is 0 Å². The molecule has 100 valence electrons. The van der Waals surface area contributed by atoms with Crippen LogP contribution in [-0.4, -0.2) is 40.1 Å². The zero-order valence-corrected chi connectivity index (χ0v) is 11.3. The summed E-state index contributed by atoms with van der Waals surface area (Å²) in [5.74, 6) is 0.0419. The number of carbonyl (C=O) groups is 1. The molecule has 1 atom stereocenters. The highest BCUT2D eigenvalue weighted by molar-refractivity contribution is 5.86. The van der Waals surface area contributed by atoms with Crippen LogP contribution in [-0.2, 0) is 4.79 Å². The maximum Gasteiger partial charge on any atom is 0.242 e. The van der Waals surface area contributed by atoms with Crippen LogP contribution in [0.3, 0.4) is 0 Å². The van der Waals surface area contributed by atoms with E-state index in [-0.39, 0.29) is 5.91 Å². The lowest BCUT2D eigenvalue weighted by molar-refractivity contribution is -0.137. The van der Waals surface area contributed by atoms with Crippen molar-refractivity contribution in [1.82, 2.24) is 4.90 Å². The number of nitrogens with two attached hydrogens (primary N) is 1. The van der Waals surface area contributed by atoms with Crippen molar-refractivity contribution in [2.45, 2.75) is 64.0 Å². The Labute approximate surface area is 104 Å². The molecule has 0 aromatic rings. The normalized spacial score (nSPS) is 26.8. The SMILES string of the molecule is CCC(N)(CC)C(=O)N1CCCC(C)(O)CC1. The van der Waals surface area contributed by atoms with Crippen molar-refractivity contribution in [3.8, 4) is 0 Å². The Kier molecular flexibility index (Phi) is 4.55. The Morgan fingerprint density at radius 1 is 1.35 bits per heavy atom. The van der Waals surface area contributed by atoms with Gasteiger partial charge in [0.1, 0.15) is 0 Å². The lowest BCUT2D eigenvalue weighted by atomic mass is 9.92. The number of rotatable bonds is 3. The Morgan fingerprint density at radius 2 is 1.94 bits per heavy atom. The van der Waals surface area contributed by atoms with E-state index in [1.807, 2.05) is 25.7 Å². The second-order valence-corrected chi connectivity index (χ2v) is 5.51. The highest BCUT2D eigenvalue weighted by Crippen LogP contribution is 2.24. The van der Waals surface area contributed by atoms with E-state index < -0.39 is 11.1 Å². The quantitative estimate of drug-likeness (QED) is 0.783. The molecular weight excluding hydrogens is 216 g/mol. The molecule has 0 bridgehead atoms. The predicted octanol–water partition coefficient (Wildman–Crippen LogP) is 1.27. The van der Waals surface area contributed by atoms with Gasteiger partial charge in [-0.3, -0.25) is 4.79 Å². The molecule has 3 N–H and O–H groups in total. The van der Waals surface area contributed by atoms with E-state index in [2.05, 4.69) is 0 Å². The van der Waals surface area contributed by atoms with Crippen molar-refractivity contribution < 1.29 is 9.90 Å². The van der Waals surface area contributed by atoms with E-state index in [0.29, 0.717) is 32.4 Å². The molecule has 1 saturated heterocycles.